The molecule has 0 saturated carbocycles. The number of phenolic OH excluding ortho intramolecular Hbond substituents is 1. The van der Waals surface area contributed by atoms with Gasteiger partial charge in [-0.05, 0) is 36.4 Å². The number of rotatable bonds is 6. The first-order chi connectivity index (χ1) is 12.7. The smallest absolute Gasteiger partial charge is 0.336 e. The van der Waals surface area contributed by atoms with Gasteiger partial charge in [-0.3, -0.25) is 0 Å². The third-order valence-corrected chi connectivity index (χ3v) is 5.68. The summed E-state index contributed by atoms with van der Waals surface area (Å²) in [5, 5.41) is 12.6. The van der Waals surface area contributed by atoms with E-state index in [4.69, 9.17) is 9.15 Å². The number of phenols is 1. The highest BCUT2D eigenvalue weighted by atomic mass is 32.1. The summed E-state index contributed by atoms with van der Waals surface area (Å²) < 4.78 is 11.1. The minimum Gasteiger partial charge on any atom is -0.508 e. The largest absolute Gasteiger partial charge is 0.508 e. The van der Waals surface area contributed by atoms with Crippen LogP contribution in [0.25, 0.3) is 11.0 Å². The van der Waals surface area contributed by atoms with Gasteiger partial charge in [0.1, 0.15) is 37.1 Å². The summed E-state index contributed by atoms with van der Waals surface area (Å²) in [5.41, 5.74) is 0.992. The average Bonchev–Trinajstić information content (AvgIpc) is 3.28. The van der Waals surface area contributed by atoms with Crippen molar-refractivity contribution in [3.63, 3.8) is 0 Å². The van der Waals surface area contributed by atoms with Gasteiger partial charge in [-0.2, -0.15) is 0 Å². The second kappa shape index (κ2) is 7.61. The zero-order valence-electron chi connectivity index (χ0n) is 14.4. The van der Waals surface area contributed by atoms with Crippen LogP contribution in [0.3, 0.4) is 0 Å². The van der Waals surface area contributed by atoms with Crippen molar-refractivity contribution in [2.75, 3.05) is 13.2 Å². The molecule has 1 fully saturated rings. The van der Waals surface area contributed by atoms with Crippen molar-refractivity contribution in [1.29, 1.82) is 0 Å². The molecular weight excluding hydrogens is 350 g/mol. The molecule has 0 radical (unpaired) electrons. The molecule has 0 aliphatic carbocycles. The summed E-state index contributed by atoms with van der Waals surface area (Å²) in [6.45, 7) is 3.37. The number of hydrogen-bond donors (Lipinski definition) is 2. The van der Waals surface area contributed by atoms with Crippen LogP contribution in [-0.2, 0) is 17.8 Å². The van der Waals surface area contributed by atoms with Gasteiger partial charge in [0.05, 0.1) is 4.88 Å². The number of thiophene rings is 1. The molecule has 1 aromatic carbocycles. The van der Waals surface area contributed by atoms with Crippen LogP contribution in [-0.4, -0.2) is 24.4 Å². The number of aromatic hydroxyl groups is 1. The van der Waals surface area contributed by atoms with E-state index >= 15 is 0 Å². The van der Waals surface area contributed by atoms with E-state index in [0.29, 0.717) is 12.1 Å². The Hall–Kier alpha value is -2.15. The van der Waals surface area contributed by atoms with E-state index in [2.05, 4.69) is 17.5 Å². The molecular formula is C20H22NO4S+. The van der Waals surface area contributed by atoms with Crippen molar-refractivity contribution in [1.82, 2.24) is 0 Å². The van der Waals surface area contributed by atoms with Crippen LogP contribution >= 0.6 is 11.3 Å². The lowest BCUT2D eigenvalue weighted by molar-refractivity contribution is -0.930. The molecule has 136 valence electrons. The molecule has 1 aliphatic heterocycles. The first-order valence-corrected chi connectivity index (χ1v) is 9.78. The van der Waals surface area contributed by atoms with E-state index in [9.17, 15) is 9.90 Å². The molecule has 1 unspecified atom stereocenters. The van der Waals surface area contributed by atoms with Crippen LogP contribution in [0.5, 0.6) is 5.75 Å². The maximum absolute atomic E-state index is 12.0. The highest BCUT2D eigenvalue weighted by Gasteiger charge is 2.23. The minimum absolute atomic E-state index is 0.0972. The lowest BCUT2D eigenvalue weighted by Crippen LogP contribution is -3.10. The van der Waals surface area contributed by atoms with Crippen LogP contribution in [0.15, 0.2) is 51.0 Å². The summed E-state index contributed by atoms with van der Waals surface area (Å²) in [6.07, 6.45) is 2.49. The van der Waals surface area contributed by atoms with Crippen molar-refractivity contribution in [2.24, 2.45) is 0 Å². The molecule has 2 N–H and O–H groups in total. The van der Waals surface area contributed by atoms with Crippen LogP contribution in [0.2, 0.25) is 0 Å². The normalized spacial score (nSPS) is 18.4. The van der Waals surface area contributed by atoms with E-state index in [0.717, 1.165) is 43.5 Å². The molecule has 2 atom stereocenters. The molecule has 26 heavy (non-hydrogen) atoms. The van der Waals surface area contributed by atoms with Crippen molar-refractivity contribution < 1.29 is 19.2 Å². The number of ether oxygens (including phenoxy) is 1. The quantitative estimate of drug-likeness (QED) is 0.652. The SMILES string of the molecule is O=c1cc(C[NH+](Cc2cccs2)C[C@H]2CCCO2)c2ccc(O)cc2o1. The number of quaternary nitrogens is 1. The monoisotopic (exact) mass is 372 g/mol. The molecule has 3 heterocycles. The first-order valence-electron chi connectivity index (χ1n) is 8.91. The summed E-state index contributed by atoms with van der Waals surface area (Å²) >= 11 is 1.75. The molecule has 2 aromatic heterocycles. The van der Waals surface area contributed by atoms with Gasteiger partial charge in [0.15, 0.2) is 0 Å². The predicted octanol–water partition coefficient (Wildman–Crippen LogP) is 2.32. The summed E-state index contributed by atoms with van der Waals surface area (Å²) in [4.78, 5) is 14.7. The Bertz CT molecular complexity index is 929. The lowest BCUT2D eigenvalue weighted by atomic mass is 10.1. The molecule has 1 saturated heterocycles. The molecule has 0 amide bonds. The van der Waals surface area contributed by atoms with Crippen molar-refractivity contribution in [3.05, 3.63) is 62.6 Å². The molecule has 3 aromatic rings. The van der Waals surface area contributed by atoms with E-state index in [1.54, 1.807) is 23.5 Å². The van der Waals surface area contributed by atoms with Gasteiger partial charge in [-0.15, -0.1) is 11.3 Å². The van der Waals surface area contributed by atoms with Crippen LogP contribution in [0.4, 0.5) is 0 Å². The van der Waals surface area contributed by atoms with Gasteiger partial charge in [0.25, 0.3) is 0 Å². The van der Waals surface area contributed by atoms with Gasteiger partial charge in [-0.1, -0.05) is 6.07 Å². The molecule has 1 aliphatic rings. The highest BCUT2D eigenvalue weighted by Crippen LogP contribution is 2.21. The maximum Gasteiger partial charge on any atom is 0.336 e. The van der Waals surface area contributed by atoms with E-state index in [1.807, 2.05) is 6.07 Å². The minimum atomic E-state index is -0.384. The number of fused-ring (bicyclic) bond motifs is 1. The third kappa shape index (κ3) is 3.98. The zero-order valence-corrected chi connectivity index (χ0v) is 15.3. The van der Waals surface area contributed by atoms with Crippen molar-refractivity contribution in [2.45, 2.75) is 32.0 Å². The number of benzene rings is 1. The molecule has 5 nitrogen and oxygen atoms in total. The fourth-order valence-electron chi connectivity index (χ4n) is 3.63. The summed E-state index contributed by atoms with van der Waals surface area (Å²) in [5.74, 6) is 0.0972. The fraction of sp³-hybridized carbons (Fsp3) is 0.350. The summed E-state index contributed by atoms with van der Waals surface area (Å²) in [6, 6.07) is 10.7. The maximum atomic E-state index is 12.0. The van der Waals surface area contributed by atoms with Crippen LogP contribution < -0.4 is 10.5 Å². The van der Waals surface area contributed by atoms with Gasteiger partial charge < -0.3 is 19.2 Å². The Labute approximate surface area is 155 Å². The highest BCUT2D eigenvalue weighted by molar-refractivity contribution is 7.09. The second-order valence-electron chi connectivity index (χ2n) is 6.79. The third-order valence-electron chi connectivity index (χ3n) is 4.80. The molecule has 0 spiro atoms. The second-order valence-corrected chi connectivity index (χ2v) is 7.83. The van der Waals surface area contributed by atoms with Crippen LogP contribution in [0.1, 0.15) is 23.3 Å². The van der Waals surface area contributed by atoms with E-state index in [1.165, 1.54) is 15.8 Å². The van der Waals surface area contributed by atoms with Gasteiger partial charge in [-0.25, -0.2) is 4.79 Å². The Morgan fingerprint density at radius 1 is 1.23 bits per heavy atom. The van der Waals surface area contributed by atoms with Crippen molar-refractivity contribution >= 4 is 22.3 Å². The van der Waals surface area contributed by atoms with Gasteiger partial charge in [0.2, 0.25) is 0 Å². The van der Waals surface area contributed by atoms with Gasteiger partial charge >= 0.3 is 5.63 Å². The topological polar surface area (TPSA) is 64.1 Å². The summed E-state index contributed by atoms with van der Waals surface area (Å²) in [7, 11) is 0. The Balaban J connectivity index is 1.63. The Kier molecular flexibility index (Phi) is 5.06. The standard InChI is InChI=1S/C20H21NO4S/c22-15-5-6-18-14(9-20(23)25-19(18)10-15)11-21(12-16-3-1-7-24-16)13-17-4-2-8-26-17/h2,4-6,8-10,16,22H,1,3,7,11-13H2/p+1/t16-/m1/s1. The first kappa shape index (κ1) is 17.3. The number of nitrogens with one attached hydrogen (secondary N) is 1. The Morgan fingerprint density at radius 3 is 2.92 bits per heavy atom. The van der Waals surface area contributed by atoms with E-state index in [-0.39, 0.29) is 17.5 Å². The number of hydrogen-bond acceptors (Lipinski definition) is 5. The van der Waals surface area contributed by atoms with Crippen molar-refractivity contribution in [3.8, 4) is 5.75 Å². The van der Waals surface area contributed by atoms with Gasteiger partial charge in [0, 0.05) is 29.7 Å². The molecule has 6 heteroatoms. The van der Waals surface area contributed by atoms with E-state index < -0.39 is 0 Å². The molecule has 4 rings (SSSR count). The zero-order chi connectivity index (χ0) is 17.9. The Morgan fingerprint density at radius 2 is 2.15 bits per heavy atom. The molecule has 0 bridgehead atoms. The predicted molar refractivity (Wildman–Crippen MR) is 101 cm³/mol. The fourth-order valence-corrected chi connectivity index (χ4v) is 4.40. The van der Waals surface area contributed by atoms with Crippen LogP contribution in [0, 0.1) is 0 Å². The lowest BCUT2D eigenvalue weighted by Gasteiger charge is -2.22. The average molecular weight is 372 g/mol.